The molecule has 0 N–H and O–H groups in total. The molecular formula is C9H13N3O2. The third-order valence-corrected chi connectivity index (χ3v) is 1.81. The third kappa shape index (κ3) is 2.46. The van der Waals surface area contributed by atoms with E-state index in [1.807, 2.05) is 19.9 Å². The molecule has 0 radical (unpaired) electrons. The van der Waals surface area contributed by atoms with Gasteiger partial charge in [0.25, 0.3) is 0 Å². The number of aromatic nitrogens is 2. The molecule has 76 valence electrons. The van der Waals surface area contributed by atoms with Crippen LogP contribution < -0.4 is 9.79 Å². The molecule has 0 spiro atoms. The highest BCUT2D eigenvalue weighted by atomic mass is 16.6. The van der Waals surface area contributed by atoms with E-state index in [9.17, 15) is 5.11 Å². The molecule has 0 saturated carbocycles. The maximum absolute atomic E-state index is 11.2. The number of hydrogen-bond acceptors (Lipinski definition) is 4. The number of hydrogen-bond donors (Lipinski definition) is 0. The Morgan fingerprint density at radius 3 is 2.93 bits per heavy atom. The first-order chi connectivity index (χ1) is 6.65. The second-order valence-electron chi connectivity index (χ2n) is 3.54. The summed E-state index contributed by atoms with van der Waals surface area (Å²) in [7, 11) is 0. The van der Waals surface area contributed by atoms with E-state index in [0.717, 1.165) is 0 Å². The molecule has 5 nitrogen and oxygen atoms in total. The molecule has 0 fully saturated rings. The van der Waals surface area contributed by atoms with E-state index >= 15 is 0 Å². The molecular weight excluding hydrogens is 182 g/mol. The molecule has 0 atom stereocenters. The van der Waals surface area contributed by atoms with Crippen LogP contribution in [0.25, 0.3) is 0 Å². The largest absolute Gasteiger partial charge is 0.539 e. The van der Waals surface area contributed by atoms with Crippen molar-refractivity contribution >= 4 is 0 Å². The molecule has 1 heterocycles. The van der Waals surface area contributed by atoms with Gasteiger partial charge in [0.2, 0.25) is 5.69 Å². The van der Waals surface area contributed by atoms with Crippen LogP contribution in [0.2, 0.25) is 0 Å². The van der Waals surface area contributed by atoms with Crippen molar-refractivity contribution in [1.29, 1.82) is 5.26 Å². The fourth-order valence-corrected chi connectivity index (χ4v) is 1.20. The SMILES string of the molecule is CC(C)Cc1c([O-])on[n+]1CCC#N. The van der Waals surface area contributed by atoms with Gasteiger partial charge >= 0.3 is 0 Å². The molecule has 1 aromatic heterocycles. The van der Waals surface area contributed by atoms with Crippen LogP contribution in [0.3, 0.4) is 0 Å². The summed E-state index contributed by atoms with van der Waals surface area (Å²) in [5.41, 5.74) is 0.551. The zero-order valence-corrected chi connectivity index (χ0v) is 8.36. The van der Waals surface area contributed by atoms with Crippen molar-refractivity contribution in [3.63, 3.8) is 0 Å². The van der Waals surface area contributed by atoms with Crippen molar-refractivity contribution in [2.75, 3.05) is 0 Å². The van der Waals surface area contributed by atoms with Gasteiger partial charge in [-0.15, -0.1) is 0 Å². The van der Waals surface area contributed by atoms with Crippen LogP contribution in [0.15, 0.2) is 4.52 Å². The Balaban J connectivity index is 2.78. The van der Waals surface area contributed by atoms with Crippen LogP contribution in [0.4, 0.5) is 0 Å². The van der Waals surface area contributed by atoms with Gasteiger partial charge in [-0.3, -0.25) is 0 Å². The van der Waals surface area contributed by atoms with Crippen molar-refractivity contribution < 1.29 is 14.3 Å². The smallest absolute Gasteiger partial charge is 0.233 e. The van der Waals surface area contributed by atoms with Gasteiger partial charge in [-0.2, -0.15) is 5.26 Å². The zero-order valence-electron chi connectivity index (χ0n) is 8.36. The van der Waals surface area contributed by atoms with E-state index in [4.69, 9.17) is 5.26 Å². The lowest BCUT2D eigenvalue weighted by molar-refractivity contribution is -0.767. The number of rotatable bonds is 4. The Kier molecular flexibility index (Phi) is 3.46. The summed E-state index contributed by atoms with van der Waals surface area (Å²) in [4.78, 5) is 0. The van der Waals surface area contributed by atoms with E-state index < -0.39 is 5.95 Å². The highest BCUT2D eigenvalue weighted by Crippen LogP contribution is 2.12. The summed E-state index contributed by atoms with van der Waals surface area (Å²) < 4.78 is 6.02. The monoisotopic (exact) mass is 195 g/mol. The molecule has 0 saturated heterocycles. The minimum atomic E-state index is -0.392. The first-order valence-electron chi connectivity index (χ1n) is 4.57. The van der Waals surface area contributed by atoms with E-state index in [2.05, 4.69) is 9.79 Å². The highest BCUT2D eigenvalue weighted by molar-refractivity contribution is 5.03. The third-order valence-electron chi connectivity index (χ3n) is 1.81. The number of nitriles is 1. The fraction of sp³-hybridized carbons (Fsp3) is 0.667. The van der Waals surface area contributed by atoms with Gasteiger partial charge < -0.3 is 9.63 Å². The first-order valence-corrected chi connectivity index (χ1v) is 4.57. The van der Waals surface area contributed by atoms with Crippen molar-refractivity contribution in [2.45, 2.75) is 33.2 Å². The molecule has 14 heavy (non-hydrogen) atoms. The van der Waals surface area contributed by atoms with Crippen LogP contribution in [-0.4, -0.2) is 5.27 Å². The summed E-state index contributed by atoms with van der Waals surface area (Å²) in [5, 5.41) is 23.2. The second kappa shape index (κ2) is 4.61. The van der Waals surface area contributed by atoms with Crippen molar-refractivity contribution in [2.24, 2.45) is 5.92 Å². The van der Waals surface area contributed by atoms with Gasteiger partial charge in [0.1, 0.15) is 0 Å². The average molecular weight is 195 g/mol. The van der Waals surface area contributed by atoms with Crippen molar-refractivity contribution in [3.05, 3.63) is 5.69 Å². The Morgan fingerprint density at radius 1 is 1.64 bits per heavy atom. The Morgan fingerprint density at radius 2 is 2.36 bits per heavy atom. The maximum atomic E-state index is 11.2. The minimum Gasteiger partial charge on any atom is -0.539 e. The normalized spacial score (nSPS) is 10.4. The van der Waals surface area contributed by atoms with Gasteiger partial charge in [-0.05, 0) is 5.92 Å². The Bertz CT molecular complexity index is 338. The Hall–Kier alpha value is -1.57. The molecule has 0 aliphatic rings. The molecule has 0 aliphatic carbocycles. The van der Waals surface area contributed by atoms with Gasteiger partial charge in [0.15, 0.2) is 12.5 Å². The average Bonchev–Trinajstić information content (AvgIpc) is 2.45. The quantitative estimate of drug-likeness (QED) is 0.640. The summed E-state index contributed by atoms with van der Waals surface area (Å²) in [6, 6.07) is 2.00. The number of nitrogens with zero attached hydrogens (tertiary/aromatic N) is 3. The van der Waals surface area contributed by atoms with Crippen molar-refractivity contribution in [1.82, 2.24) is 5.27 Å². The lowest BCUT2D eigenvalue weighted by atomic mass is 10.1. The Labute approximate surface area is 82.5 Å². The van der Waals surface area contributed by atoms with E-state index in [-0.39, 0.29) is 0 Å². The first kappa shape index (κ1) is 10.5. The summed E-state index contributed by atoms with van der Waals surface area (Å²) in [6.45, 7) is 4.45. The topological polar surface area (TPSA) is 76.8 Å². The standard InChI is InChI=1S/C9H13N3O2/c1-7(2)6-8-9(13)14-11-12(8)5-3-4-10/h7H,3,5-6H2,1-2H3. The minimum absolute atomic E-state index is 0.335. The van der Waals surface area contributed by atoms with Crippen LogP contribution >= 0.6 is 0 Å². The van der Waals surface area contributed by atoms with Gasteiger partial charge in [0, 0.05) is 6.42 Å². The van der Waals surface area contributed by atoms with Crippen LogP contribution in [-0.2, 0) is 13.0 Å². The lowest BCUT2D eigenvalue weighted by Crippen LogP contribution is -2.40. The molecule has 1 aromatic rings. The molecule has 0 aromatic carbocycles. The molecule has 0 amide bonds. The number of aryl methyl sites for hydroxylation is 1. The molecule has 0 aliphatic heterocycles. The van der Waals surface area contributed by atoms with E-state index in [1.54, 1.807) is 0 Å². The van der Waals surface area contributed by atoms with Crippen molar-refractivity contribution in [3.8, 4) is 12.0 Å². The van der Waals surface area contributed by atoms with Crippen LogP contribution in [0.5, 0.6) is 5.95 Å². The molecule has 0 unspecified atom stereocenters. The van der Waals surface area contributed by atoms with E-state index in [1.165, 1.54) is 4.68 Å². The molecule has 0 bridgehead atoms. The van der Waals surface area contributed by atoms with E-state index in [0.29, 0.717) is 31.0 Å². The predicted octanol–water partition coefficient (Wildman–Crippen LogP) is 0.148. The summed E-state index contributed by atoms with van der Waals surface area (Å²) in [6.07, 6.45) is 0.968. The van der Waals surface area contributed by atoms with Gasteiger partial charge in [-0.1, -0.05) is 18.5 Å². The van der Waals surface area contributed by atoms with Crippen LogP contribution in [0.1, 0.15) is 26.0 Å². The maximum Gasteiger partial charge on any atom is 0.233 e. The van der Waals surface area contributed by atoms with Gasteiger partial charge in [-0.25, -0.2) is 0 Å². The summed E-state index contributed by atoms with van der Waals surface area (Å²) >= 11 is 0. The predicted molar refractivity (Wildman–Crippen MR) is 44.9 cm³/mol. The highest BCUT2D eigenvalue weighted by Gasteiger charge is 2.17. The lowest BCUT2D eigenvalue weighted by Gasteiger charge is -2.00. The molecule has 1 rings (SSSR count). The van der Waals surface area contributed by atoms with Gasteiger partial charge in [0.05, 0.1) is 17.8 Å². The summed E-state index contributed by atoms with van der Waals surface area (Å²) in [5.74, 6) is -0.0212. The second-order valence-corrected chi connectivity index (χ2v) is 3.54. The molecule has 5 heteroatoms. The van der Waals surface area contributed by atoms with Crippen LogP contribution in [0, 0.1) is 17.2 Å². The fourth-order valence-electron chi connectivity index (χ4n) is 1.20. The zero-order chi connectivity index (χ0) is 10.6.